The summed E-state index contributed by atoms with van der Waals surface area (Å²) < 4.78 is 5.87. The van der Waals surface area contributed by atoms with E-state index in [0.717, 1.165) is 22.2 Å². The highest BCUT2D eigenvalue weighted by molar-refractivity contribution is 5.93. The summed E-state index contributed by atoms with van der Waals surface area (Å²) in [7, 11) is 0. The Kier molecular flexibility index (Phi) is 4.75. The minimum absolute atomic E-state index is 0.287. The average molecular weight is 372 g/mol. The fourth-order valence-corrected chi connectivity index (χ4v) is 2.55. The fraction of sp³-hybridized carbons (Fsp3) is 0.0500. The van der Waals surface area contributed by atoms with E-state index in [4.69, 9.17) is 4.74 Å². The molecule has 8 nitrogen and oxygen atoms in total. The zero-order valence-corrected chi connectivity index (χ0v) is 15.0. The van der Waals surface area contributed by atoms with E-state index in [1.807, 2.05) is 43.3 Å². The Morgan fingerprint density at radius 2 is 1.96 bits per heavy atom. The van der Waals surface area contributed by atoms with E-state index in [1.165, 1.54) is 6.33 Å². The molecule has 0 aliphatic rings. The third-order valence-corrected chi connectivity index (χ3v) is 3.92. The molecule has 0 unspecified atom stereocenters. The molecule has 0 bridgehead atoms. The highest BCUT2D eigenvalue weighted by Gasteiger charge is 2.07. The number of nitrogens with zero attached hydrogens (tertiary/aromatic N) is 4. The summed E-state index contributed by atoms with van der Waals surface area (Å²) in [5, 5.41) is 11.4. The number of carbonyl (C=O) groups is 1. The van der Waals surface area contributed by atoms with Crippen molar-refractivity contribution in [2.24, 2.45) is 5.10 Å². The number of rotatable bonds is 5. The molecule has 0 fully saturated rings. The molecule has 2 N–H and O–H groups in total. The lowest BCUT2D eigenvalue weighted by Gasteiger charge is -2.07. The van der Waals surface area contributed by atoms with Crippen molar-refractivity contribution >= 4 is 23.0 Å². The molecule has 28 heavy (non-hydrogen) atoms. The maximum atomic E-state index is 11.9. The maximum absolute atomic E-state index is 11.9. The summed E-state index contributed by atoms with van der Waals surface area (Å²) in [5.74, 6) is 0.752. The van der Waals surface area contributed by atoms with Crippen molar-refractivity contribution in [1.29, 1.82) is 0 Å². The van der Waals surface area contributed by atoms with Crippen LogP contribution in [-0.4, -0.2) is 32.3 Å². The van der Waals surface area contributed by atoms with Crippen molar-refractivity contribution < 1.29 is 9.53 Å². The van der Waals surface area contributed by atoms with Crippen LogP contribution in [0.4, 0.5) is 0 Å². The molecule has 2 aromatic carbocycles. The van der Waals surface area contributed by atoms with Gasteiger partial charge in [-0.05, 0) is 55.0 Å². The lowest BCUT2D eigenvalue weighted by Crippen LogP contribution is -2.17. The fourth-order valence-electron chi connectivity index (χ4n) is 2.55. The van der Waals surface area contributed by atoms with Gasteiger partial charge in [0.05, 0.1) is 17.1 Å². The third kappa shape index (κ3) is 3.85. The molecule has 2 aromatic heterocycles. The first-order valence-electron chi connectivity index (χ1n) is 8.52. The van der Waals surface area contributed by atoms with Gasteiger partial charge < -0.3 is 4.74 Å². The number of carbonyl (C=O) groups excluding carboxylic acids is 1. The number of H-pyrrole nitrogens is 1. The Balaban J connectivity index is 1.41. The van der Waals surface area contributed by atoms with Crippen LogP contribution in [0.15, 0.2) is 66.0 Å². The quantitative estimate of drug-likeness (QED) is 0.413. The van der Waals surface area contributed by atoms with E-state index >= 15 is 0 Å². The zero-order valence-electron chi connectivity index (χ0n) is 15.0. The Labute approximate surface area is 160 Å². The van der Waals surface area contributed by atoms with Crippen LogP contribution in [0.25, 0.3) is 10.9 Å². The standard InChI is InChI=1S/C20H16N6O2/c1-13-10-18(25-24-13)19(27)26-23-11-14-6-8-15(9-7-14)28-20-16-4-2-3-5-17(16)21-12-22-20/h2-12H,1H3,(H,24,25)(H,26,27)/b23-11+. The van der Waals surface area contributed by atoms with Crippen molar-refractivity contribution in [1.82, 2.24) is 25.6 Å². The zero-order chi connectivity index (χ0) is 19.3. The maximum Gasteiger partial charge on any atom is 0.291 e. The Morgan fingerprint density at radius 1 is 1.14 bits per heavy atom. The van der Waals surface area contributed by atoms with Gasteiger partial charge in [-0.2, -0.15) is 10.2 Å². The highest BCUT2D eigenvalue weighted by Crippen LogP contribution is 2.26. The van der Waals surface area contributed by atoms with Gasteiger partial charge in [0.1, 0.15) is 12.1 Å². The van der Waals surface area contributed by atoms with Crippen molar-refractivity contribution in [2.75, 3.05) is 0 Å². The number of hydrazone groups is 1. The number of hydrogen-bond acceptors (Lipinski definition) is 6. The molecular weight excluding hydrogens is 356 g/mol. The molecule has 2 heterocycles. The van der Waals surface area contributed by atoms with Crippen LogP contribution in [0.3, 0.4) is 0 Å². The monoisotopic (exact) mass is 372 g/mol. The third-order valence-electron chi connectivity index (χ3n) is 3.92. The number of ether oxygens (including phenoxy) is 1. The van der Waals surface area contributed by atoms with Crippen LogP contribution in [0.5, 0.6) is 11.6 Å². The van der Waals surface area contributed by atoms with E-state index in [2.05, 4.69) is 30.7 Å². The Hall–Kier alpha value is -4.07. The first-order chi connectivity index (χ1) is 13.7. The molecule has 4 aromatic rings. The highest BCUT2D eigenvalue weighted by atomic mass is 16.5. The number of hydrogen-bond donors (Lipinski definition) is 2. The molecule has 0 aliphatic heterocycles. The van der Waals surface area contributed by atoms with Crippen molar-refractivity contribution in [3.8, 4) is 11.6 Å². The number of nitrogens with one attached hydrogen (secondary N) is 2. The topological polar surface area (TPSA) is 105 Å². The van der Waals surface area contributed by atoms with Gasteiger partial charge in [-0.15, -0.1) is 0 Å². The minimum atomic E-state index is -0.379. The van der Waals surface area contributed by atoms with E-state index in [-0.39, 0.29) is 11.6 Å². The van der Waals surface area contributed by atoms with Crippen LogP contribution in [0.2, 0.25) is 0 Å². The van der Waals surface area contributed by atoms with Gasteiger partial charge >= 0.3 is 0 Å². The molecule has 0 radical (unpaired) electrons. The van der Waals surface area contributed by atoms with Gasteiger partial charge in [-0.3, -0.25) is 9.89 Å². The Morgan fingerprint density at radius 3 is 2.75 bits per heavy atom. The lowest BCUT2D eigenvalue weighted by atomic mass is 10.2. The molecule has 0 saturated carbocycles. The summed E-state index contributed by atoms with van der Waals surface area (Å²) in [6.45, 7) is 1.82. The molecular formula is C20H16N6O2. The van der Waals surface area contributed by atoms with Crippen molar-refractivity contribution in [2.45, 2.75) is 6.92 Å². The van der Waals surface area contributed by atoms with Crippen molar-refractivity contribution in [3.05, 3.63) is 77.9 Å². The van der Waals surface area contributed by atoms with E-state index < -0.39 is 0 Å². The SMILES string of the molecule is Cc1cc(C(=O)N/N=C/c2ccc(Oc3ncnc4ccccc34)cc2)n[nH]1. The molecule has 0 aliphatic carbocycles. The average Bonchev–Trinajstić information content (AvgIpc) is 3.16. The van der Waals surface area contributed by atoms with Gasteiger partial charge in [0.2, 0.25) is 5.88 Å². The van der Waals surface area contributed by atoms with Gasteiger partial charge in [0.15, 0.2) is 5.69 Å². The summed E-state index contributed by atoms with van der Waals surface area (Å²) in [5.41, 5.74) is 5.15. The second-order valence-electron chi connectivity index (χ2n) is 6.00. The number of aromatic nitrogens is 4. The number of aromatic amines is 1. The van der Waals surface area contributed by atoms with E-state index in [1.54, 1.807) is 24.4 Å². The van der Waals surface area contributed by atoms with Crippen LogP contribution >= 0.6 is 0 Å². The molecule has 8 heteroatoms. The number of fused-ring (bicyclic) bond motifs is 1. The summed E-state index contributed by atoms with van der Waals surface area (Å²) in [6.07, 6.45) is 3.02. The predicted octanol–water partition coefficient (Wildman–Crippen LogP) is 3.22. The van der Waals surface area contributed by atoms with E-state index in [0.29, 0.717) is 11.6 Å². The molecule has 4 rings (SSSR count). The normalized spacial score (nSPS) is 11.0. The van der Waals surface area contributed by atoms with Crippen LogP contribution < -0.4 is 10.2 Å². The van der Waals surface area contributed by atoms with Gasteiger partial charge in [0, 0.05) is 5.69 Å². The molecule has 1 amide bonds. The minimum Gasteiger partial charge on any atom is -0.438 e. The molecule has 138 valence electrons. The number of aryl methyl sites for hydroxylation is 1. The van der Waals surface area contributed by atoms with Crippen LogP contribution in [0, 0.1) is 6.92 Å². The van der Waals surface area contributed by atoms with E-state index in [9.17, 15) is 4.79 Å². The smallest absolute Gasteiger partial charge is 0.291 e. The summed E-state index contributed by atoms with van der Waals surface area (Å²) >= 11 is 0. The molecule has 0 atom stereocenters. The van der Waals surface area contributed by atoms with Gasteiger partial charge in [-0.1, -0.05) is 12.1 Å². The Bertz CT molecular complexity index is 1150. The number of para-hydroxylation sites is 1. The van der Waals surface area contributed by atoms with Gasteiger partial charge in [-0.25, -0.2) is 15.4 Å². The first-order valence-corrected chi connectivity index (χ1v) is 8.52. The second-order valence-corrected chi connectivity index (χ2v) is 6.00. The van der Waals surface area contributed by atoms with Gasteiger partial charge in [0.25, 0.3) is 5.91 Å². The van der Waals surface area contributed by atoms with Crippen molar-refractivity contribution in [3.63, 3.8) is 0 Å². The summed E-state index contributed by atoms with van der Waals surface area (Å²) in [6, 6.07) is 16.6. The number of benzene rings is 2. The number of amides is 1. The second kappa shape index (κ2) is 7.67. The molecule has 0 spiro atoms. The largest absolute Gasteiger partial charge is 0.438 e. The predicted molar refractivity (Wildman–Crippen MR) is 104 cm³/mol. The van der Waals surface area contributed by atoms with Crippen LogP contribution in [-0.2, 0) is 0 Å². The first kappa shape index (κ1) is 17.3. The van der Waals surface area contributed by atoms with Crippen LogP contribution in [0.1, 0.15) is 21.7 Å². The summed E-state index contributed by atoms with van der Waals surface area (Å²) in [4.78, 5) is 20.3. The molecule has 0 saturated heterocycles. The lowest BCUT2D eigenvalue weighted by molar-refractivity contribution is 0.0950.